The van der Waals surface area contributed by atoms with Crippen LogP contribution in [0.4, 0.5) is 19.0 Å². The van der Waals surface area contributed by atoms with Crippen LogP contribution in [0.5, 0.6) is 0 Å². The van der Waals surface area contributed by atoms with Crippen LogP contribution in [0.1, 0.15) is 70.7 Å². The van der Waals surface area contributed by atoms with E-state index < -0.39 is 18.3 Å². The summed E-state index contributed by atoms with van der Waals surface area (Å²) in [5, 5.41) is 7.18. The number of benzene rings is 3. The lowest BCUT2D eigenvalue weighted by atomic mass is 9.86. The van der Waals surface area contributed by atoms with Crippen molar-refractivity contribution in [3.05, 3.63) is 119 Å². The predicted octanol–water partition coefficient (Wildman–Crippen LogP) is 7.73. The molecule has 7 heteroatoms. The summed E-state index contributed by atoms with van der Waals surface area (Å²) in [5.41, 5.74) is 3.30. The van der Waals surface area contributed by atoms with Gasteiger partial charge in [-0.1, -0.05) is 91.0 Å². The molecule has 4 nitrogen and oxygen atoms in total. The van der Waals surface area contributed by atoms with Crippen LogP contribution in [0.2, 0.25) is 0 Å². The van der Waals surface area contributed by atoms with Gasteiger partial charge in [0.25, 0.3) is 0 Å². The Morgan fingerprint density at radius 1 is 0.919 bits per heavy atom. The Labute approximate surface area is 214 Å². The van der Waals surface area contributed by atoms with Gasteiger partial charge in [-0.2, -0.15) is 18.3 Å². The Hall–Kier alpha value is -3.87. The second-order valence-corrected chi connectivity index (χ2v) is 9.44. The van der Waals surface area contributed by atoms with Gasteiger partial charge < -0.3 is 5.32 Å². The quantitative estimate of drug-likeness (QED) is 0.250. The molecule has 37 heavy (non-hydrogen) atoms. The third-order valence-corrected chi connectivity index (χ3v) is 7.04. The normalized spacial score (nSPS) is 17.3. The number of halogens is 3. The zero-order valence-corrected chi connectivity index (χ0v) is 20.2. The van der Waals surface area contributed by atoms with E-state index in [1.54, 1.807) is 24.3 Å². The number of nitrogens with one attached hydrogen (secondary N) is 1. The highest BCUT2D eigenvalue weighted by molar-refractivity contribution is 6.00. The van der Waals surface area contributed by atoms with Crippen LogP contribution in [0.25, 0.3) is 0 Å². The summed E-state index contributed by atoms with van der Waals surface area (Å²) in [6.07, 6.45) is -1.82. The molecule has 0 bridgehead atoms. The molecule has 2 heterocycles. The van der Waals surface area contributed by atoms with Gasteiger partial charge in [0.1, 0.15) is 5.82 Å². The molecule has 190 valence electrons. The lowest BCUT2D eigenvalue weighted by Gasteiger charge is -2.34. The van der Waals surface area contributed by atoms with E-state index in [1.807, 2.05) is 42.5 Å². The van der Waals surface area contributed by atoms with Crippen molar-refractivity contribution < 1.29 is 18.0 Å². The number of hydrogen-bond acceptors (Lipinski definition) is 3. The number of fused-ring (bicyclic) bond motifs is 1. The molecule has 4 aromatic rings. The fourth-order valence-corrected chi connectivity index (χ4v) is 5.17. The average Bonchev–Trinajstić information content (AvgIpc) is 3.35. The van der Waals surface area contributed by atoms with Gasteiger partial charge in [0.05, 0.1) is 17.8 Å². The van der Waals surface area contributed by atoms with E-state index in [0.29, 0.717) is 6.42 Å². The van der Waals surface area contributed by atoms with Crippen LogP contribution in [0.15, 0.2) is 97.2 Å². The van der Waals surface area contributed by atoms with Crippen molar-refractivity contribution >= 4 is 11.6 Å². The van der Waals surface area contributed by atoms with Crippen molar-refractivity contribution in [2.45, 2.75) is 49.9 Å². The van der Waals surface area contributed by atoms with Crippen LogP contribution < -0.4 is 5.32 Å². The molecule has 0 spiro atoms. The molecule has 0 fully saturated rings. The number of hydrogen-bond donors (Lipinski definition) is 1. The van der Waals surface area contributed by atoms with Gasteiger partial charge >= 0.3 is 6.18 Å². The fraction of sp³-hybridized carbons (Fsp3) is 0.267. The highest BCUT2D eigenvalue weighted by atomic mass is 19.4. The number of anilines is 1. The van der Waals surface area contributed by atoms with E-state index in [0.717, 1.165) is 16.7 Å². The Bertz CT molecular complexity index is 1280. The van der Waals surface area contributed by atoms with Gasteiger partial charge in [-0.05, 0) is 29.5 Å². The minimum Gasteiger partial charge on any atom is -0.363 e. The van der Waals surface area contributed by atoms with Crippen molar-refractivity contribution in [3.63, 3.8) is 0 Å². The lowest BCUT2D eigenvalue weighted by molar-refractivity contribution is -0.173. The molecule has 1 aliphatic rings. The number of carbonyl (C=O) groups is 1. The molecule has 0 aliphatic carbocycles. The maximum Gasteiger partial charge on any atom is 0.410 e. The molecule has 5 rings (SSSR count). The zero-order chi connectivity index (χ0) is 25.8. The summed E-state index contributed by atoms with van der Waals surface area (Å²) in [6, 6.07) is 26.9. The first-order chi connectivity index (χ1) is 17.9. The highest BCUT2D eigenvalue weighted by Gasteiger charge is 2.47. The predicted molar refractivity (Wildman–Crippen MR) is 138 cm³/mol. The third kappa shape index (κ3) is 5.45. The van der Waals surface area contributed by atoms with E-state index >= 15 is 0 Å². The molecule has 1 N–H and O–H groups in total. The first-order valence-electron chi connectivity index (χ1n) is 12.5. The number of nitrogens with zero attached hydrogens (tertiary/aromatic N) is 2. The van der Waals surface area contributed by atoms with E-state index in [-0.39, 0.29) is 35.9 Å². The smallest absolute Gasteiger partial charge is 0.363 e. The van der Waals surface area contributed by atoms with Crippen molar-refractivity contribution in [2.75, 3.05) is 5.32 Å². The molecule has 1 aliphatic heterocycles. The topological polar surface area (TPSA) is 46.9 Å². The van der Waals surface area contributed by atoms with Crippen LogP contribution in [-0.2, 0) is 0 Å². The van der Waals surface area contributed by atoms with Crippen LogP contribution >= 0.6 is 0 Å². The van der Waals surface area contributed by atoms with Crippen LogP contribution in [0.3, 0.4) is 0 Å². The average molecular weight is 504 g/mol. The lowest BCUT2D eigenvalue weighted by Crippen LogP contribution is -2.36. The van der Waals surface area contributed by atoms with Crippen molar-refractivity contribution in [2.24, 2.45) is 0 Å². The van der Waals surface area contributed by atoms with Gasteiger partial charge in [-0.25, -0.2) is 4.68 Å². The number of Topliss-reactive ketones (excluding diaryl/α,β-unsaturated/α-hetero) is 1. The zero-order valence-electron chi connectivity index (χ0n) is 20.2. The molecule has 0 saturated carbocycles. The Balaban J connectivity index is 1.34. The van der Waals surface area contributed by atoms with E-state index in [1.165, 1.54) is 17.3 Å². The maximum atomic E-state index is 14.0. The molecule has 2 unspecified atom stereocenters. The first-order valence-corrected chi connectivity index (χ1v) is 12.5. The first kappa shape index (κ1) is 24.8. The summed E-state index contributed by atoms with van der Waals surface area (Å²) < 4.78 is 42.8. The maximum absolute atomic E-state index is 14.0. The summed E-state index contributed by atoms with van der Waals surface area (Å²) in [4.78, 5) is 13.3. The van der Waals surface area contributed by atoms with Gasteiger partial charge in [0.15, 0.2) is 11.8 Å². The summed E-state index contributed by atoms with van der Waals surface area (Å²) in [7, 11) is 0. The van der Waals surface area contributed by atoms with Gasteiger partial charge in [-0.3, -0.25) is 4.79 Å². The molecule has 1 aromatic heterocycles. The van der Waals surface area contributed by atoms with Crippen molar-refractivity contribution in [3.8, 4) is 0 Å². The van der Waals surface area contributed by atoms with Gasteiger partial charge in [0.2, 0.25) is 0 Å². The third-order valence-electron chi connectivity index (χ3n) is 7.04. The minimum atomic E-state index is -4.48. The summed E-state index contributed by atoms with van der Waals surface area (Å²) in [5.74, 6) is 0.0739. The summed E-state index contributed by atoms with van der Waals surface area (Å²) >= 11 is 0. The van der Waals surface area contributed by atoms with Gasteiger partial charge in [0, 0.05) is 18.8 Å². The number of carbonyl (C=O) groups excluding carboxylic acids is 1. The molecular weight excluding hydrogens is 475 g/mol. The molecular formula is C30H28F3N3O. The second kappa shape index (κ2) is 10.6. The minimum absolute atomic E-state index is 0.131. The largest absolute Gasteiger partial charge is 0.410 e. The number of rotatable bonds is 8. The van der Waals surface area contributed by atoms with Crippen molar-refractivity contribution in [1.82, 2.24) is 9.78 Å². The fourth-order valence-electron chi connectivity index (χ4n) is 5.17. The standard InChI is InChI=1S/C30H28F3N3O/c31-30(32,33)28-19-26(23-15-8-3-9-16-23)35-29-25(20-34-36(28)29)27(37)18-10-17-24(21-11-4-1-5-12-21)22-13-6-2-7-14-22/h1-9,11-16,20,24,26,28,35H,10,17-19H2. The SMILES string of the molecule is O=C(CCCC(c1ccccc1)c1ccccc1)c1cnn2c1NC(c1ccccc1)CC2C(F)(F)F. The Kier molecular flexibility index (Phi) is 7.12. The van der Waals surface area contributed by atoms with Crippen molar-refractivity contribution in [1.29, 1.82) is 0 Å². The Morgan fingerprint density at radius 2 is 1.49 bits per heavy atom. The molecule has 0 radical (unpaired) electrons. The monoisotopic (exact) mass is 503 g/mol. The highest BCUT2D eigenvalue weighted by Crippen LogP contribution is 2.44. The van der Waals surface area contributed by atoms with Crippen LogP contribution in [0, 0.1) is 0 Å². The summed E-state index contributed by atoms with van der Waals surface area (Å²) in [6.45, 7) is 0. The number of aromatic nitrogens is 2. The van der Waals surface area contributed by atoms with E-state index in [9.17, 15) is 18.0 Å². The van der Waals surface area contributed by atoms with E-state index in [4.69, 9.17) is 0 Å². The molecule has 3 aromatic carbocycles. The Morgan fingerprint density at radius 3 is 2.05 bits per heavy atom. The van der Waals surface area contributed by atoms with Gasteiger partial charge in [-0.15, -0.1) is 0 Å². The second-order valence-electron chi connectivity index (χ2n) is 9.44. The van der Waals surface area contributed by atoms with E-state index in [2.05, 4.69) is 34.7 Å². The number of alkyl halides is 3. The number of ketones is 1. The van der Waals surface area contributed by atoms with Crippen LogP contribution in [-0.4, -0.2) is 21.7 Å². The molecule has 0 saturated heterocycles. The molecule has 2 atom stereocenters. The molecule has 0 amide bonds.